The van der Waals surface area contributed by atoms with Gasteiger partial charge in [0.1, 0.15) is 0 Å². The van der Waals surface area contributed by atoms with Crippen LogP contribution in [0.15, 0.2) is 243 Å². The van der Waals surface area contributed by atoms with Gasteiger partial charge in [-0.1, -0.05) is 200 Å². The average Bonchev–Trinajstić information content (AvgIpc) is 4.07. The Kier molecular flexibility index (Phi) is 8.79. The Balaban J connectivity index is 1.11. The van der Waals surface area contributed by atoms with Crippen molar-refractivity contribution in [2.75, 3.05) is 0 Å². The first-order valence-corrected chi connectivity index (χ1v) is 23.4. The lowest BCUT2D eigenvalue weighted by Crippen LogP contribution is -2.07. The Bertz CT molecular complexity index is 4210. The summed E-state index contributed by atoms with van der Waals surface area (Å²) in [7, 11) is 0. The monoisotopic (exact) mass is 880 g/mol. The van der Waals surface area contributed by atoms with Crippen molar-refractivity contribution < 1.29 is 0 Å². The molecule has 0 fully saturated rings. The second-order valence-corrected chi connectivity index (χ2v) is 17.6. The topological polar surface area (TPSA) is 53.5 Å². The lowest BCUT2D eigenvalue weighted by molar-refractivity contribution is 0.953. The summed E-state index contributed by atoms with van der Waals surface area (Å²) in [6.45, 7) is 0. The third-order valence-electron chi connectivity index (χ3n) is 13.7. The Labute approximate surface area is 397 Å². The summed E-state index contributed by atoms with van der Waals surface area (Å²) in [6.07, 6.45) is 0. The van der Waals surface area contributed by atoms with E-state index in [1.165, 1.54) is 21.9 Å². The minimum atomic E-state index is 0.546. The van der Waals surface area contributed by atoms with Crippen molar-refractivity contribution >= 4 is 65.4 Å². The summed E-state index contributed by atoms with van der Waals surface area (Å²) in [6, 6.07) is 86.3. The SMILES string of the molecule is c1ccc(-c2ccc(-c3nc(-c4ccccc4)nc(-n4c5ccccc5c5c6c7ccccc7n(-c7ccc(-c8ccccc8)cc7)c6c(-n6c7ccccc7c7ccccc76)cc54)n3)cc2)cc1. The summed E-state index contributed by atoms with van der Waals surface area (Å²) >= 11 is 0. The maximum Gasteiger partial charge on any atom is 0.238 e. The van der Waals surface area contributed by atoms with E-state index >= 15 is 0 Å². The molecule has 14 rings (SSSR count). The fraction of sp³-hybridized carbons (Fsp3) is 0. The van der Waals surface area contributed by atoms with Gasteiger partial charge in [-0.15, -0.1) is 0 Å². The summed E-state index contributed by atoms with van der Waals surface area (Å²) < 4.78 is 7.19. The third-order valence-corrected chi connectivity index (χ3v) is 13.7. The maximum atomic E-state index is 5.42. The summed E-state index contributed by atoms with van der Waals surface area (Å²) in [5.74, 6) is 1.75. The predicted octanol–water partition coefficient (Wildman–Crippen LogP) is 15.8. The number of rotatable bonds is 7. The van der Waals surface area contributed by atoms with Crippen LogP contribution in [-0.2, 0) is 0 Å². The highest BCUT2D eigenvalue weighted by atomic mass is 15.2. The molecule has 0 amide bonds. The van der Waals surface area contributed by atoms with Crippen LogP contribution in [0.3, 0.4) is 0 Å². The van der Waals surface area contributed by atoms with E-state index in [9.17, 15) is 0 Å². The van der Waals surface area contributed by atoms with E-state index in [1.54, 1.807) is 0 Å². The van der Waals surface area contributed by atoms with Crippen LogP contribution in [-0.4, -0.2) is 28.7 Å². The van der Waals surface area contributed by atoms with E-state index in [1.807, 2.05) is 24.3 Å². The van der Waals surface area contributed by atoms with Crippen molar-refractivity contribution in [2.45, 2.75) is 0 Å². The number of nitrogens with zero attached hydrogens (tertiary/aromatic N) is 6. The van der Waals surface area contributed by atoms with Crippen LogP contribution in [0.4, 0.5) is 0 Å². The van der Waals surface area contributed by atoms with Gasteiger partial charge in [-0.05, 0) is 64.7 Å². The molecule has 0 saturated heterocycles. The molecule has 0 radical (unpaired) electrons. The van der Waals surface area contributed by atoms with Gasteiger partial charge in [0, 0.05) is 49.1 Å². The molecule has 69 heavy (non-hydrogen) atoms. The zero-order chi connectivity index (χ0) is 45.4. The van der Waals surface area contributed by atoms with Crippen LogP contribution in [0.1, 0.15) is 0 Å². The molecule has 0 bridgehead atoms. The Morgan fingerprint density at radius 2 is 0.638 bits per heavy atom. The van der Waals surface area contributed by atoms with Crippen LogP contribution in [0.2, 0.25) is 0 Å². The lowest BCUT2D eigenvalue weighted by atomic mass is 10.0. The Morgan fingerprint density at radius 1 is 0.261 bits per heavy atom. The molecule has 0 aliphatic rings. The Morgan fingerprint density at radius 3 is 1.17 bits per heavy atom. The number of aromatic nitrogens is 6. The van der Waals surface area contributed by atoms with E-state index in [2.05, 4.69) is 232 Å². The van der Waals surface area contributed by atoms with Crippen molar-refractivity contribution in [3.8, 4) is 62.4 Å². The van der Waals surface area contributed by atoms with Gasteiger partial charge in [-0.25, -0.2) is 4.98 Å². The summed E-state index contributed by atoms with van der Waals surface area (Å²) in [5.41, 5.74) is 15.1. The molecular weight excluding hydrogens is 841 g/mol. The highest BCUT2D eigenvalue weighted by Crippen LogP contribution is 2.47. The molecule has 0 saturated carbocycles. The molecule has 322 valence electrons. The molecule has 0 N–H and O–H groups in total. The first-order chi connectivity index (χ1) is 34.2. The van der Waals surface area contributed by atoms with Gasteiger partial charge < -0.3 is 9.13 Å². The van der Waals surface area contributed by atoms with Crippen molar-refractivity contribution in [1.29, 1.82) is 0 Å². The highest BCUT2D eigenvalue weighted by Gasteiger charge is 2.27. The number of hydrogen-bond acceptors (Lipinski definition) is 3. The Hall–Kier alpha value is -9.39. The van der Waals surface area contributed by atoms with Gasteiger partial charge in [-0.3, -0.25) is 4.57 Å². The number of hydrogen-bond donors (Lipinski definition) is 0. The molecule has 0 unspecified atom stereocenters. The molecule has 6 heteroatoms. The zero-order valence-corrected chi connectivity index (χ0v) is 37.3. The molecule has 14 aromatic rings. The van der Waals surface area contributed by atoms with Crippen LogP contribution in [0.5, 0.6) is 0 Å². The fourth-order valence-electron chi connectivity index (χ4n) is 10.6. The van der Waals surface area contributed by atoms with Gasteiger partial charge in [-0.2, -0.15) is 9.97 Å². The fourth-order valence-corrected chi connectivity index (χ4v) is 10.6. The van der Waals surface area contributed by atoms with Crippen molar-refractivity contribution in [1.82, 2.24) is 28.7 Å². The standard InChI is InChI=1S/C63H40N6/c1-4-18-41(19-5-1)43-32-34-46(35-33-43)62-64-61(45-22-8-3-9-23-45)65-63(66-62)69-55-31-17-12-26-50(55)58-56(69)40-57(68-52-28-14-10-24-48(52)49-25-11-15-29-53(49)68)60-59(58)51-27-13-16-30-54(51)67(60)47-38-36-44(37-39-47)42-20-6-2-7-21-42/h1-40H. The molecule has 4 heterocycles. The van der Waals surface area contributed by atoms with E-state index < -0.39 is 0 Å². The smallest absolute Gasteiger partial charge is 0.238 e. The minimum absolute atomic E-state index is 0.546. The number of fused-ring (bicyclic) bond motifs is 10. The molecule has 0 aliphatic heterocycles. The van der Waals surface area contributed by atoms with Gasteiger partial charge in [0.25, 0.3) is 0 Å². The summed E-state index contributed by atoms with van der Waals surface area (Å²) in [5, 5.41) is 6.97. The average molecular weight is 881 g/mol. The van der Waals surface area contributed by atoms with E-state index in [0.717, 1.165) is 88.3 Å². The first-order valence-electron chi connectivity index (χ1n) is 23.4. The summed E-state index contributed by atoms with van der Waals surface area (Å²) in [4.78, 5) is 16.0. The van der Waals surface area contributed by atoms with Gasteiger partial charge in [0.05, 0.1) is 38.8 Å². The zero-order valence-electron chi connectivity index (χ0n) is 37.3. The van der Waals surface area contributed by atoms with Gasteiger partial charge in [0.15, 0.2) is 11.6 Å². The van der Waals surface area contributed by atoms with E-state index in [0.29, 0.717) is 17.6 Å². The predicted molar refractivity (Wildman–Crippen MR) is 285 cm³/mol. The van der Waals surface area contributed by atoms with Crippen LogP contribution in [0.25, 0.3) is 128 Å². The molecular formula is C63H40N6. The second-order valence-electron chi connectivity index (χ2n) is 17.6. The van der Waals surface area contributed by atoms with Crippen LogP contribution >= 0.6 is 0 Å². The quantitative estimate of drug-likeness (QED) is 0.160. The van der Waals surface area contributed by atoms with Gasteiger partial charge >= 0.3 is 0 Å². The van der Waals surface area contributed by atoms with Crippen LogP contribution in [0, 0.1) is 0 Å². The van der Waals surface area contributed by atoms with E-state index in [4.69, 9.17) is 15.0 Å². The number of para-hydroxylation sites is 4. The molecule has 0 atom stereocenters. The van der Waals surface area contributed by atoms with Crippen molar-refractivity contribution in [3.63, 3.8) is 0 Å². The van der Waals surface area contributed by atoms with Crippen molar-refractivity contribution in [3.05, 3.63) is 243 Å². The lowest BCUT2D eigenvalue weighted by Gasteiger charge is -2.16. The molecule has 4 aromatic heterocycles. The molecule has 0 aliphatic carbocycles. The molecule has 6 nitrogen and oxygen atoms in total. The second kappa shape index (κ2) is 15.6. The minimum Gasteiger partial charge on any atom is -0.307 e. The molecule has 10 aromatic carbocycles. The van der Waals surface area contributed by atoms with Crippen molar-refractivity contribution in [2.24, 2.45) is 0 Å². The van der Waals surface area contributed by atoms with Gasteiger partial charge in [0.2, 0.25) is 5.95 Å². The molecule has 0 spiro atoms. The normalized spacial score (nSPS) is 11.8. The first kappa shape index (κ1) is 38.8. The third kappa shape index (κ3) is 6.16. The number of benzene rings is 10. The largest absolute Gasteiger partial charge is 0.307 e. The van der Waals surface area contributed by atoms with Crippen LogP contribution < -0.4 is 0 Å². The maximum absolute atomic E-state index is 5.42. The van der Waals surface area contributed by atoms with E-state index in [-0.39, 0.29) is 0 Å². The highest BCUT2D eigenvalue weighted by molar-refractivity contribution is 6.31.